The first-order valence-electron chi connectivity index (χ1n) is 15.5. The quantitative estimate of drug-likeness (QED) is 0.179. The minimum atomic E-state index is 1.03. The third-order valence-corrected chi connectivity index (χ3v) is 11.7. The van der Waals surface area contributed by atoms with Crippen molar-refractivity contribution in [2.45, 2.75) is 0 Å². The van der Waals surface area contributed by atoms with E-state index >= 15 is 0 Å². The SMILES string of the molecule is c1ccc(-c2nc3ccccc3c3c2ccc2c4cc(-c5ccc(-c6cccc7c6sc6ccccc67)cc5)ccc4sc23)cc1. The Morgan fingerprint density at radius 3 is 1.91 bits per heavy atom. The number of benzene rings is 7. The van der Waals surface area contributed by atoms with Gasteiger partial charge in [-0.05, 0) is 46.5 Å². The monoisotopic (exact) mass is 619 g/mol. The van der Waals surface area contributed by atoms with Crippen molar-refractivity contribution in [1.82, 2.24) is 4.98 Å². The number of para-hydroxylation sites is 1. The van der Waals surface area contributed by atoms with Crippen molar-refractivity contribution in [1.29, 1.82) is 0 Å². The Hall–Kier alpha value is -5.35. The Balaban J connectivity index is 1.12. The number of hydrogen-bond donors (Lipinski definition) is 0. The number of pyridine rings is 1. The zero-order chi connectivity index (χ0) is 30.2. The molecule has 0 atom stereocenters. The Morgan fingerprint density at radius 2 is 1.02 bits per heavy atom. The van der Waals surface area contributed by atoms with E-state index in [2.05, 4.69) is 152 Å². The van der Waals surface area contributed by atoms with Gasteiger partial charge in [-0.2, -0.15) is 0 Å². The van der Waals surface area contributed by atoms with Crippen molar-refractivity contribution >= 4 is 84.7 Å². The maximum Gasteiger partial charge on any atom is 0.0788 e. The van der Waals surface area contributed by atoms with Crippen molar-refractivity contribution < 1.29 is 0 Å². The van der Waals surface area contributed by atoms with Gasteiger partial charge in [0.15, 0.2) is 0 Å². The van der Waals surface area contributed by atoms with Crippen LogP contribution in [-0.2, 0) is 0 Å². The fourth-order valence-electron chi connectivity index (χ4n) is 7.08. The summed E-state index contributed by atoms with van der Waals surface area (Å²) in [5.74, 6) is 0. The molecule has 214 valence electrons. The van der Waals surface area contributed by atoms with Crippen molar-refractivity contribution in [3.8, 4) is 33.5 Å². The summed E-state index contributed by atoms with van der Waals surface area (Å²) in [6.07, 6.45) is 0. The molecule has 0 bridgehead atoms. The number of nitrogens with zero attached hydrogens (tertiary/aromatic N) is 1. The lowest BCUT2D eigenvalue weighted by Crippen LogP contribution is -1.89. The van der Waals surface area contributed by atoms with Crippen molar-refractivity contribution in [2.75, 3.05) is 0 Å². The van der Waals surface area contributed by atoms with E-state index in [1.54, 1.807) is 0 Å². The third-order valence-electron chi connectivity index (χ3n) is 9.28. The van der Waals surface area contributed by atoms with Gasteiger partial charge < -0.3 is 0 Å². The van der Waals surface area contributed by atoms with Gasteiger partial charge in [0, 0.05) is 62.1 Å². The van der Waals surface area contributed by atoms with E-state index in [9.17, 15) is 0 Å². The highest BCUT2D eigenvalue weighted by molar-refractivity contribution is 7.27. The molecule has 0 aliphatic carbocycles. The molecule has 0 amide bonds. The zero-order valence-electron chi connectivity index (χ0n) is 24.7. The molecule has 3 heteroatoms. The van der Waals surface area contributed by atoms with E-state index in [0.29, 0.717) is 0 Å². The second kappa shape index (κ2) is 10.1. The van der Waals surface area contributed by atoms with E-state index in [1.807, 2.05) is 22.7 Å². The lowest BCUT2D eigenvalue weighted by atomic mass is 9.96. The van der Waals surface area contributed by atoms with Crippen LogP contribution in [-0.4, -0.2) is 4.98 Å². The molecule has 3 aromatic heterocycles. The third kappa shape index (κ3) is 3.89. The number of aromatic nitrogens is 1. The first-order valence-corrected chi connectivity index (χ1v) is 17.2. The minimum Gasteiger partial charge on any atom is -0.247 e. The maximum atomic E-state index is 5.15. The summed E-state index contributed by atoms with van der Waals surface area (Å²) >= 11 is 3.77. The number of fused-ring (bicyclic) bond motifs is 10. The van der Waals surface area contributed by atoms with E-state index < -0.39 is 0 Å². The lowest BCUT2D eigenvalue weighted by molar-refractivity contribution is 1.43. The Morgan fingerprint density at radius 1 is 0.370 bits per heavy atom. The van der Waals surface area contributed by atoms with Crippen LogP contribution in [0.25, 0.3) is 95.5 Å². The van der Waals surface area contributed by atoms with Gasteiger partial charge in [0.25, 0.3) is 0 Å². The summed E-state index contributed by atoms with van der Waals surface area (Å²) in [6, 6.07) is 55.2. The molecule has 0 unspecified atom stereocenters. The molecule has 0 saturated heterocycles. The molecule has 1 nitrogen and oxygen atoms in total. The van der Waals surface area contributed by atoms with Crippen molar-refractivity contribution in [3.05, 3.63) is 152 Å². The second-order valence-electron chi connectivity index (χ2n) is 11.9. The summed E-state index contributed by atoms with van der Waals surface area (Å²) in [5.41, 5.74) is 8.25. The first kappa shape index (κ1) is 25.9. The predicted molar refractivity (Wildman–Crippen MR) is 201 cm³/mol. The van der Waals surface area contributed by atoms with Crippen LogP contribution in [0.3, 0.4) is 0 Å². The van der Waals surface area contributed by atoms with Crippen LogP contribution in [0.1, 0.15) is 0 Å². The number of rotatable bonds is 3. The lowest BCUT2D eigenvalue weighted by Gasteiger charge is -2.11. The molecule has 10 rings (SSSR count). The Labute approximate surface area is 273 Å². The minimum absolute atomic E-state index is 1.03. The highest BCUT2D eigenvalue weighted by Gasteiger charge is 2.17. The van der Waals surface area contributed by atoms with Gasteiger partial charge in [-0.3, -0.25) is 0 Å². The molecule has 0 N–H and O–H groups in total. The molecule has 46 heavy (non-hydrogen) atoms. The molecule has 0 fully saturated rings. The van der Waals surface area contributed by atoms with Gasteiger partial charge in [0.1, 0.15) is 0 Å². The standard InChI is InChI=1S/C43H25NS2/c1-2-9-28(10-3-1)41-35-23-22-33-36-25-29(21-24-39(36)46-43(33)40(35)34-12-4-6-15-37(34)44-41)26-17-19-27(20-18-26)30-13-8-14-32-31-11-5-7-16-38(31)45-42(30)32/h1-25H. The second-order valence-corrected chi connectivity index (χ2v) is 14.0. The van der Waals surface area contributed by atoms with Crippen molar-refractivity contribution in [2.24, 2.45) is 0 Å². The van der Waals surface area contributed by atoms with E-state index in [1.165, 1.54) is 78.8 Å². The molecule has 0 radical (unpaired) electrons. The normalized spacial score (nSPS) is 11.9. The summed E-state index contributed by atoms with van der Waals surface area (Å²) in [6.45, 7) is 0. The molecule has 0 aliphatic rings. The largest absolute Gasteiger partial charge is 0.247 e. The fourth-order valence-corrected chi connectivity index (χ4v) is 9.56. The average molecular weight is 620 g/mol. The number of hydrogen-bond acceptors (Lipinski definition) is 3. The van der Waals surface area contributed by atoms with E-state index in [0.717, 1.165) is 16.8 Å². The Bertz CT molecular complexity index is 2790. The van der Waals surface area contributed by atoms with Gasteiger partial charge in [-0.15, -0.1) is 22.7 Å². The van der Waals surface area contributed by atoms with Gasteiger partial charge in [0.05, 0.1) is 11.2 Å². The van der Waals surface area contributed by atoms with Gasteiger partial charge in [-0.1, -0.05) is 127 Å². The Kier molecular flexibility index (Phi) is 5.68. The smallest absolute Gasteiger partial charge is 0.0788 e. The topological polar surface area (TPSA) is 12.9 Å². The van der Waals surface area contributed by atoms with Crippen molar-refractivity contribution in [3.63, 3.8) is 0 Å². The van der Waals surface area contributed by atoms with Crippen LogP contribution in [0.15, 0.2) is 152 Å². The molecule has 0 spiro atoms. The van der Waals surface area contributed by atoms with Crippen LogP contribution < -0.4 is 0 Å². The molecule has 3 heterocycles. The summed E-state index contributed by atoms with van der Waals surface area (Å²) in [5, 5.41) is 8.99. The van der Waals surface area contributed by atoms with Gasteiger partial charge >= 0.3 is 0 Å². The van der Waals surface area contributed by atoms with Crippen LogP contribution >= 0.6 is 22.7 Å². The van der Waals surface area contributed by atoms with Crippen LogP contribution in [0.5, 0.6) is 0 Å². The summed E-state index contributed by atoms with van der Waals surface area (Å²) in [4.78, 5) is 5.15. The molecule has 10 aromatic rings. The fraction of sp³-hybridized carbons (Fsp3) is 0. The highest BCUT2D eigenvalue weighted by Crippen LogP contribution is 2.45. The molecule has 0 saturated carbocycles. The summed E-state index contributed by atoms with van der Waals surface area (Å²) in [7, 11) is 0. The van der Waals surface area contributed by atoms with Crippen LogP contribution in [0, 0.1) is 0 Å². The maximum absolute atomic E-state index is 5.15. The average Bonchev–Trinajstić information content (AvgIpc) is 3.70. The van der Waals surface area contributed by atoms with Crippen LogP contribution in [0.2, 0.25) is 0 Å². The van der Waals surface area contributed by atoms with Gasteiger partial charge in [-0.25, -0.2) is 4.98 Å². The molecular weight excluding hydrogens is 595 g/mol. The first-order chi connectivity index (χ1) is 22.8. The highest BCUT2D eigenvalue weighted by atomic mass is 32.1. The van der Waals surface area contributed by atoms with E-state index in [4.69, 9.17) is 4.98 Å². The predicted octanol–water partition coefficient (Wildman–Crippen LogP) is 13.1. The zero-order valence-corrected chi connectivity index (χ0v) is 26.3. The van der Waals surface area contributed by atoms with Gasteiger partial charge in [0.2, 0.25) is 0 Å². The van der Waals surface area contributed by atoms with Crippen LogP contribution in [0.4, 0.5) is 0 Å². The molecular formula is C43H25NS2. The number of thiophene rings is 2. The van der Waals surface area contributed by atoms with E-state index in [-0.39, 0.29) is 0 Å². The molecule has 0 aliphatic heterocycles. The molecule has 7 aromatic carbocycles. The summed E-state index contributed by atoms with van der Waals surface area (Å²) < 4.78 is 5.33.